The van der Waals surface area contributed by atoms with Gasteiger partial charge in [0.15, 0.2) is 0 Å². The third-order valence-electron chi connectivity index (χ3n) is 5.29. The molecule has 1 amide bonds. The van der Waals surface area contributed by atoms with E-state index in [1.54, 1.807) is 0 Å². The number of nitrogens with one attached hydrogen (secondary N) is 2. The molecule has 0 aliphatic carbocycles. The van der Waals surface area contributed by atoms with Gasteiger partial charge in [-0.3, -0.25) is 4.79 Å². The van der Waals surface area contributed by atoms with Crippen molar-refractivity contribution in [3.05, 3.63) is 0 Å². The van der Waals surface area contributed by atoms with Crippen LogP contribution in [0.1, 0.15) is 51.9 Å². The van der Waals surface area contributed by atoms with E-state index < -0.39 is 0 Å². The van der Waals surface area contributed by atoms with Gasteiger partial charge in [0.25, 0.3) is 0 Å². The first-order valence-electron chi connectivity index (χ1n) is 8.52. The summed E-state index contributed by atoms with van der Waals surface area (Å²) in [5.74, 6) is 1.03. The zero-order valence-corrected chi connectivity index (χ0v) is 12.7. The molecule has 0 aromatic heterocycles. The fourth-order valence-corrected chi connectivity index (χ4v) is 4.36. The lowest BCUT2D eigenvalue weighted by atomic mass is 9.89. The molecule has 3 aliphatic heterocycles. The quantitative estimate of drug-likeness (QED) is 0.802. The molecule has 4 nitrogen and oxygen atoms in total. The molecular formula is C16H29N3O. The summed E-state index contributed by atoms with van der Waals surface area (Å²) in [7, 11) is 0. The number of carbonyl (C=O) groups is 1. The van der Waals surface area contributed by atoms with Crippen molar-refractivity contribution in [3.8, 4) is 0 Å². The summed E-state index contributed by atoms with van der Waals surface area (Å²) in [4.78, 5) is 14.9. The van der Waals surface area contributed by atoms with Crippen LogP contribution in [0.4, 0.5) is 0 Å². The first-order valence-corrected chi connectivity index (χ1v) is 8.52. The summed E-state index contributed by atoms with van der Waals surface area (Å²) >= 11 is 0. The summed E-state index contributed by atoms with van der Waals surface area (Å²) in [5, 5.41) is 7.06. The largest absolute Gasteiger partial charge is 0.338 e. The minimum absolute atomic E-state index is 0.409. The van der Waals surface area contributed by atoms with E-state index >= 15 is 0 Å². The molecular weight excluding hydrogens is 250 g/mol. The van der Waals surface area contributed by atoms with Crippen molar-refractivity contribution < 1.29 is 4.79 Å². The number of hydrogen-bond donors (Lipinski definition) is 2. The second kappa shape index (κ2) is 6.44. The Kier molecular flexibility index (Phi) is 4.61. The van der Waals surface area contributed by atoms with Crippen molar-refractivity contribution in [2.45, 2.75) is 70.0 Å². The van der Waals surface area contributed by atoms with E-state index in [1.165, 1.54) is 25.7 Å². The van der Waals surface area contributed by atoms with Gasteiger partial charge in [0.1, 0.15) is 0 Å². The topological polar surface area (TPSA) is 44.4 Å². The molecule has 0 radical (unpaired) electrons. The Morgan fingerprint density at radius 1 is 1.20 bits per heavy atom. The van der Waals surface area contributed by atoms with Gasteiger partial charge in [-0.05, 0) is 51.0 Å². The van der Waals surface area contributed by atoms with Crippen LogP contribution in [0, 0.1) is 5.92 Å². The SMILES string of the molecule is CCCN(C(=O)CC1CC2CCC(C1)N2)C1CCNC1. The lowest BCUT2D eigenvalue weighted by molar-refractivity contribution is -0.134. The predicted octanol–water partition coefficient (Wildman–Crippen LogP) is 1.51. The van der Waals surface area contributed by atoms with Gasteiger partial charge in [-0.25, -0.2) is 0 Å². The highest BCUT2D eigenvalue weighted by atomic mass is 16.2. The predicted molar refractivity (Wildman–Crippen MR) is 80.6 cm³/mol. The molecule has 3 fully saturated rings. The normalized spacial score (nSPS) is 36.2. The van der Waals surface area contributed by atoms with E-state index in [0.29, 0.717) is 30.0 Å². The Balaban J connectivity index is 1.55. The van der Waals surface area contributed by atoms with E-state index in [1.807, 2.05) is 0 Å². The summed E-state index contributed by atoms with van der Waals surface area (Å²) in [6.07, 6.45) is 8.05. The minimum atomic E-state index is 0.409. The van der Waals surface area contributed by atoms with Crippen LogP contribution in [0.5, 0.6) is 0 Å². The number of carbonyl (C=O) groups excluding carboxylic acids is 1. The Hall–Kier alpha value is -0.610. The minimum Gasteiger partial charge on any atom is -0.338 e. The maximum absolute atomic E-state index is 12.7. The molecule has 114 valence electrons. The standard InChI is InChI=1S/C16H29N3O/c1-2-7-19(15-5-6-17-11-15)16(20)10-12-8-13-3-4-14(9-12)18-13/h12-15,17-18H,2-11H2,1H3. The van der Waals surface area contributed by atoms with Crippen molar-refractivity contribution in [3.63, 3.8) is 0 Å². The first kappa shape index (κ1) is 14.3. The van der Waals surface area contributed by atoms with Crippen LogP contribution in [0.3, 0.4) is 0 Å². The summed E-state index contributed by atoms with van der Waals surface area (Å²) in [6, 6.07) is 1.83. The highest BCUT2D eigenvalue weighted by Crippen LogP contribution is 2.33. The van der Waals surface area contributed by atoms with Gasteiger partial charge in [0.05, 0.1) is 0 Å². The zero-order valence-electron chi connectivity index (χ0n) is 12.7. The van der Waals surface area contributed by atoms with Crippen molar-refractivity contribution in [1.29, 1.82) is 0 Å². The first-order chi connectivity index (χ1) is 9.76. The number of piperidine rings is 1. The maximum atomic E-state index is 12.7. The van der Waals surface area contributed by atoms with Crippen molar-refractivity contribution in [1.82, 2.24) is 15.5 Å². The van der Waals surface area contributed by atoms with Crippen LogP contribution in [0.25, 0.3) is 0 Å². The average Bonchev–Trinajstić information content (AvgIpc) is 3.06. The second-order valence-corrected chi connectivity index (χ2v) is 6.91. The van der Waals surface area contributed by atoms with Gasteiger partial charge in [0, 0.05) is 37.6 Å². The Morgan fingerprint density at radius 2 is 1.95 bits per heavy atom. The molecule has 3 unspecified atom stereocenters. The molecule has 3 rings (SSSR count). The van der Waals surface area contributed by atoms with Crippen LogP contribution >= 0.6 is 0 Å². The smallest absolute Gasteiger partial charge is 0.223 e. The van der Waals surface area contributed by atoms with Crippen molar-refractivity contribution >= 4 is 5.91 Å². The number of rotatable bonds is 5. The zero-order chi connectivity index (χ0) is 13.9. The molecule has 2 N–H and O–H groups in total. The molecule has 3 atom stereocenters. The summed E-state index contributed by atoms with van der Waals surface area (Å²) in [5.41, 5.74) is 0. The van der Waals surface area contributed by atoms with Gasteiger partial charge in [0.2, 0.25) is 5.91 Å². The van der Waals surface area contributed by atoms with Gasteiger partial charge < -0.3 is 15.5 Å². The van der Waals surface area contributed by atoms with Crippen LogP contribution in [0.2, 0.25) is 0 Å². The average molecular weight is 279 g/mol. The maximum Gasteiger partial charge on any atom is 0.223 e. The molecule has 2 bridgehead atoms. The molecule has 20 heavy (non-hydrogen) atoms. The van der Waals surface area contributed by atoms with Gasteiger partial charge in [-0.2, -0.15) is 0 Å². The van der Waals surface area contributed by atoms with Gasteiger partial charge in [-0.15, -0.1) is 0 Å². The summed E-state index contributed by atoms with van der Waals surface area (Å²) < 4.78 is 0. The highest BCUT2D eigenvalue weighted by Gasteiger charge is 2.35. The summed E-state index contributed by atoms with van der Waals surface area (Å²) in [6.45, 7) is 5.16. The fraction of sp³-hybridized carbons (Fsp3) is 0.938. The molecule has 3 aliphatic rings. The van der Waals surface area contributed by atoms with E-state index in [4.69, 9.17) is 0 Å². The molecule has 3 heterocycles. The highest BCUT2D eigenvalue weighted by molar-refractivity contribution is 5.77. The molecule has 0 spiro atoms. The van der Waals surface area contributed by atoms with E-state index in [9.17, 15) is 4.79 Å². The monoisotopic (exact) mass is 279 g/mol. The second-order valence-electron chi connectivity index (χ2n) is 6.91. The van der Waals surface area contributed by atoms with Crippen molar-refractivity contribution in [2.75, 3.05) is 19.6 Å². The fourth-order valence-electron chi connectivity index (χ4n) is 4.36. The van der Waals surface area contributed by atoms with Crippen LogP contribution in [0.15, 0.2) is 0 Å². The Morgan fingerprint density at radius 3 is 2.55 bits per heavy atom. The number of nitrogens with zero attached hydrogens (tertiary/aromatic N) is 1. The van der Waals surface area contributed by atoms with E-state index in [2.05, 4.69) is 22.5 Å². The van der Waals surface area contributed by atoms with Crippen LogP contribution in [-0.2, 0) is 4.79 Å². The van der Waals surface area contributed by atoms with Crippen molar-refractivity contribution in [2.24, 2.45) is 5.92 Å². The Bertz CT molecular complexity index is 329. The van der Waals surface area contributed by atoms with Crippen LogP contribution < -0.4 is 10.6 Å². The molecule has 0 saturated carbocycles. The molecule has 0 aromatic carbocycles. The molecule has 3 saturated heterocycles. The van der Waals surface area contributed by atoms with E-state index in [-0.39, 0.29) is 0 Å². The van der Waals surface area contributed by atoms with Crippen LogP contribution in [-0.4, -0.2) is 48.6 Å². The lowest BCUT2D eigenvalue weighted by Crippen LogP contribution is -2.44. The molecule has 0 aromatic rings. The third-order valence-corrected chi connectivity index (χ3v) is 5.29. The van der Waals surface area contributed by atoms with Gasteiger partial charge >= 0.3 is 0 Å². The number of hydrogen-bond acceptors (Lipinski definition) is 3. The Labute approximate surface area is 122 Å². The lowest BCUT2D eigenvalue weighted by Gasteiger charge is -2.33. The molecule has 4 heteroatoms. The third kappa shape index (κ3) is 3.17. The number of fused-ring (bicyclic) bond motifs is 2. The van der Waals surface area contributed by atoms with E-state index in [0.717, 1.165) is 38.9 Å². The number of amides is 1. The van der Waals surface area contributed by atoms with Gasteiger partial charge in [-0.1, -0.05) is 6.92 Å².